The fourth-order valence-electron chi connectivity index (χ4n) is 1.73. The van der Waals surface area contributed by atoms with Gasteiger partial charge in [0.2, 0.25) is 0 Å². The topological polar surface area (TPSA) is 100 Å². The van der Waals surface area contributed by atoms with Gasteiger partial charge in [0.05, 0.1) is 12.2 Å². The van der Waals surface area contributed by atoms with Crippen LogP contribution in [0.4, 0.5) is 13.2 Å². The van der Waals surface area contributed by atoms with Crippen molar-refractivity contribution in [3.8, 4) is 0 Å². The summed E-state index contributed by atoms with van der Waals surface area (Å²) < 4.78 is 40.8. The molecule has 0 spiro atoms. The van der Waals surface area contributed by atoms with Gasteiger partial charge in [-0.25, -0.2) is 4.79 Å². The number of carbonyl (C=O) groups is 3. The first-order valence-electron chi connectivity index (χ1n) is 6.13. The third kappa shape index (κ3) is 3.77. The Bertz CT molecular complexity index is 607. The van der Waals surface area contributed by atoms with Gasteiger partial charge in [0.1, 0.15) is 5.69 Å². The van der Waals surface area contributed by atoms with E-state index in [9.17, 15) is 27.6 Å². The average Bonchev–Trinajstić information content (AvgIpc) is 2.70. The molecule has 22 heavy (non-hydrogen) atoms. The van der Waals surface area contributed by atoms with Gasteiger partial charge in [-0.05, 0) is 26.3 Å². The minimum atomic E-state index is -5.12. The first kappa shape index (κ1) is 17.5. The molecule has 3 N–H and O–H groups in total. The van der Waals surface area contributed by atoms with Crippen LogP contribution >= 0.6 is 0 Å². The summed E-state index contributed by atoms with van der Waals surface area (Å²) >= 11 is 0. The fraction of sp³-hybridized carbons (Fsp3) is 0.417. The van der Waals surface area contributed by atoms with Crippen molar-refractivity contribution in [2.75, 3.05) is 6.61 Å². The minimum Gasteiger partial charge on any atom is -0.462 e. The molecule has 0 saturated carbocycles. The molecule has 1 heterocycles. The van der Waals surface area contributed by atoms with Gasteiger partial charge in [-0.3, -0.25) is 20.4 Å². The van der Waals surface area contributed by atoms with Crippen molar-refractivity contribution in [3.05, 3.63) is 22.5 Å². The lowest BCUT2D eigenvalue weighted by Gasteiger charge is -2.09. The maximum absolute atomic E-state index is 12.0. The molecule has 0 aliphatic heterocycles. The number of hydrogen-bond acceptors (Lipinski definition) is 4. The van der Waals surface area contributed by atoms with Crippen LogP contribution in [0.5, 0.6) is 0 Å². The van der Waals surface area contributed by atoms with Gasteiger partial charge in [0, 0.05) is 5.69 Å². The molecule has 1 aromatic heterocycles. The third-order valence-corrected chi connectivity index (χ3v) is 2.69. The lowest BCUT2D eigenvalue weighted by Crippen LogP contribution is -2.48. The van der Waals surface area contributed by atoms with E-state index in [4.69, 9.17) is 4.74 Å². The molecule has 0 aromatic carbocycles. The van der Waals surface area contributed by atoms with E-state index in [0.29, 0.717) is 5.69 Å². The zero-order chi connectivity index (χ0) is 17.1. The van der Waals surface area contributed by atoms with Crippen LogP contribution in [0.25, 0.3) is 0 Å². The van der Waals surface area contributed by atoms with Crippen molar-refractivity contribution in [1.82, 2.24) is 15.8 Å². The molecule has 0 aliphatic carbocycles. The first-order chi connectivity index (χ1) is 10.1. The van der Waals surface area contributed by atoms with E-state index in [1.165, 1.54) is 19.3 Å². The Hall–Kier alpha value is -2.52. The summed E-state index contributed by atoms with van der Waals surface area (Å²) in [4.78, 5) is 36.7. The van der Waals surface area contributed by atoms with Gasteiger partial charge in [-0.15, -0.1) is 0 Å². The number of hydrazine groups is 1. The standard InChI is InChI=1S/C12H14F3N3O4/c1-4-22-10(20)7-5(2)8(16-6(7)3)9(19)17-18-11(21)12(13,14)15/h16H,4H2,1-3H3,(H,17,19)(H,18,21). The molecule has 10 heteroatoms. The molecule has 0 unspecified atom stereocenters. The second-order valence-electron chi connectivity index (χ2n) is 4.25. The number of alkyl halides is 3. The summed E-state index contributed by atoms with van der Waals surface area (Å²) in [5.74, 6) is -3.99. The number of amides is 2. The van der Waals surface area contributed by atoms with E-state index in [1.807, 2.05) is 0 Å². The van der Waals surface area contributed by atoms with E-state index in [2.05, 4.69) is 4.98 Å². The average molecular weight is 321 g/mol. The van der Waals surface area contributed by atoms with Crippen LogP contribution in [0.3, 0.4) is 0 Å². The maximum atomic E-state index is 12.0. The number of halogens is 3. The monoisotopic (exact) mass is 321 g/mol. The molecule has 0 aliphatic rings. The zero-order valence-electron chi connectivity index (χ0n) is 12.0. The molecule has 0 bridgehead atoms. The molecular weight excluding hydrogens is 307 g/mol. The Morgan fingerprint density at radius 1 is 1.18 bits per heavy atom. The molecule has 1 rings (SSSR count). The normalized spacial score (nSPS) is 11.0. The van der Waals surface area contributed by atoms with Crippen LogP contribution in [-0.2, 0) is 9.53 Å². The van der Waals surface area contributed by atoms with Gasteiger partial charge in [0.15, 0.2) is 0 Å². The Labute approximate surface area is 123 Å². The minimum absolute atomic E-state index is 0.120. The lowest BCUT2D eigenvalue weighted by molar-refractivity contribution is -0.174. The van der Waals surface area contributed by atoms with Gasteiger partial charge in [-0.1, -0.05) is 0 Å². The SMILES string of the molecule is CCOC(=O)c1c(C)[nH]c(C(=O)NNC(=O)C(F)(F)F)c1C. The number of aryl methyl sites for hydroxylation is 1. The highest BCUT2D eigenvalue weighted by molar-refractivity contribution is 6.01. The number of esters is 1. The molecule has 0 atom stereocenters. The zero-order valence-corrected chi connectivity index (χ0v) is 12.0. The summed E-state index contributed by atoms with van der Waals surface area (Å²) in [7, 11) is 0. The smallest absolute Gasteiger partial charge is 0.462 e. The van der Waals surface area contributed by atoms with Crippen LogP contribution in [0.2, 0.25) is 0 Å². The lowest BCUT2D eigenvalue weighted by atomic mass is 10.1. The van der Waals surface area contributed by atoms with Crippen LogP contribution in [0.1, 0.15) is 39.0 Å². The highest BCUT2D eigenvalue weighted by Crippen LogP contribution is 2.19. The molecule has 7 nitrogen and oxygen atoms in total. The van der Waals surface area contributed by atoms with E-state index in [-0.39, 0.29) is 23.4 Å². The third-order valence-electron chi connectivity index (χ3n) is 2.69. The molecule has 122 valence electrons. The quantitative estimate of drug-likeness (QED) is 0.574. The molecule has 0 radical (unpaired) electrons. The number of aromatic amines is 1. The second kappa shape index (κ2) is 6.50. The Kier molecular flexibility index (Phi) is 5.18. The van der Waals surface area contributed by atoms with Crippen LogP contribution in [0, 0.1) is 13.8 Å². The largest absolute Gasteiger partial charge is 0.472 e. The first-order valence-corrected chi connectivity index (χ1v) is 6.13. The highest BCUT2D eigenvalue weighted by atomic mass is 19.4. The summed E-state index contributed by atoms with van der Waals surface area (Å²) in [6, 6.07) is 0. The van der Waals surface area contributed by atoms with Crippen LogP contribution in [0.15, 0.2) is 0 Å². The van der Waals surface area contributed by atoms with Gasteiger partial charge in [-0.2, -0.15) is 13.2 Å². The molecule has 0 saturated heterocycles. The van der Waals surface area contributed by atoms with Gasteiger partial charge < -0.3 is 9.72 Å². The molecule has 0 fully saturated rings. The van der Waals surface area contributed by atoms with E-state index in [0.717, 1.165) is 0 Å². The summed E-state index contributed by atoms with van der Waals surface area (Å²) in [6.07, 6.45) is -5.12. The van der Waals surface area contributed by atoms with Crippen molar-refractivity contribution in [3.63, 3.8) is 0 Å². The number of nitrogens with one attached hydrogen (secondary N) is 3. The Morgan fingerprint density at radius 3 is 2.27 bits per heavy atom. The van der Waals surface area contributed by atoms with Crippen molar-refractivity contribution < 1.29 is 32.3 Å². The van der Waals surface area contributed by atoms with Crippen molar-refractivity contribution in [2.45, 2.75) is 26.9 Å². The van der Waals surface area contributed by atoms with E-state index >= 15 is 0 Å². The number of hydrogen-bond donors (Lipinski definition) is 3. The van der Waals surface area contributed by atoms with Crippen molar-refractivity contribution >= 4 is 17.8 Å². The highest BCUT2D eigenvalue weighted by Gasteiger charge is 2.39. The van der Waals surface area contributed by atoms with Crippen molar-refractivity contribution in [1.29, 1.82) is 0 Å². The molecule has 1 aromatic rings. The fourth-order valence-corrected chi connectivity index (χ4v) is 1.73. The number of H-pyrrole nitrogens is 1. The number of carbonyl (C=O) groups excluding carboxylic acids is 3. The summed E-state index contributed by atoms with van der Waals surface area (Å²) in [5, 5.41) is 0. The van der Waals surface area contributed by atoms with Crippen LogP contribution in [-0.4, -0.2) is 35.6 Å². The predicted octanol–water partition coefficient (Wildman–Crippen LogP) is 1.13. The summed E-state index contributed by atoms with van der Waals surface area (Å²) in [5.41, 5.74) is 3.34. The number of ether oxygens (including phenoxy) is 1. The Balaban J connectivity index is 2.90. The van der Waals surface area contributed by atoms with Crippen molar-refractivity contribution in [2.24, 2.45) is 0 Å². The molecule has 2 amide bonds. The number of rotatable bonds is 3. The molecular formula is C12H14F3N3O4. The second-order valence-corrected chi connectivity index (χ2v) is 4.25. The Morgan fingerprint density at radius 2 is 1.77 bits per heavy atom. The van der Waals surface area contributed by atoms with Gasteiger partial charge in [0.25, 0.3) is 5.91 Å². The number of aromatic nitrogens is 1. The van der Waals surface area contributed by atoms with Crippen LogP contribution < -0.4 is 10.9 Å². The predicted molar refractivity (Wildman–Crippen MR) is 67.9 cm³/mol. The maximum Gasteiger partial charge on any atom is 0.472 e. The van der Waals surface area contributed by atoms with Gasteiger partial charge >= 0.3 is 18.1 Å². The summed E-state index contributed by atoms with van der Waals surface area (Å²) in [6.45, 7) is 4.67. The van der Waals surface area contributed by atoms with E-state index < -0.39 is 24.0 Å². The van der Waals surface area contributed by atoms with E-state index in [1.54, 1.807) is 12.3 Å².